The van der Waals surface area contributed by atoms with Gasteiger partial charge in [-0.2, -0.15) is 0 Å². The van der Waals surface area contributed by atoms with Crippen LogP contribution in [0.4, 0.5) is 0 Å². The highest BCUT2D eigenvalue weighted by molar-refractivity contribution is 5.79. The van der Waals surface area contributed by atoms with Crippen molar-refractivity contribution in [3.05, 3.63) is 0 Å². The van der Waals surface area contributed by atoms with Crippen molar-refractivity contribution < 1.29 is 4.74 Å². The molecular formula is C14H32N4O. The van der Waals surface area contributed by atoms with Crippen LogP contribution in [0, 0.1) is 0 Å². The van der Waals surface area contributed by atoms with Gasteiger partial charge in [-0.15, -0.1) is 0 Å². The molecule has 0 heterocycles. The zero-order valence-electron chi connectivity index (χ0n) is 13.5. The topological polar surface area (TPSA) is 48.9 Å². The highest BCUT2D eigenvalue weighted by Gasteiger charge is 2.19. The number of aliphatic imine (C=N–C) groups is 1. The highest BCUT2D eigenvalue weighted by Crippen LogP contribution is 2.09. The lowest BCUT2D eigenvalue weighted by molar-refractivity contribution is 0.145. The predicted molar refractivity (Wildman–Crippen MR) is 82.9 cm³/mol. The Bertz CT molecular complexity index is 252. The van der Waals surface area contributed by atoms with Crippen molar-refractivity contribution in [1.29, 1.82) is 0 Å². The van der Waals surface area contributed by atoms with Gasteiger partial charge in [-0.05, 0) is 48.2 Å². The zero-order chi connectivity index (χ0) is 14.7. The molecule has 0 aromatic heterocycles. The molecule has 114 valence electrons. The average molecular weight is 272 g/mol. The Morgan fingerprint density at radius 2 is 1.89 bits per heavy atom. The second-order valence-corrected chi connectivity index (χ2v) is 5.38. The summed E-state index contributed by atoms with van der Waals surface area (Å²) in [6.07, 6.45) is 0.995. The van der Waals surface area contributed by atoms with E-state index in [0.717, 1.165) is 45.2 Å². The van der Waals surface area contributed by atoms with Crippen LogP contribution >= 0.6 is 0 Å². The summed E-state index contributed by atoms with van der Waals surface area (Å²) in [6, 6.07) is 0. The lowest BCUT2D eigenvalue weighted by Gasteiger charge is -2.31. The van der Waals surface area contributed by atoms with Gasteiger partial charge in [-0.25, -0.2) is 0 Å². The van der Waals surface area contributed by atoms with E-state index in [0.29, 0.717) is 0 Å². The fraction of sp³-hybridized carbons (Fsp3) is 0.929. The molecule has 0 aliphatic rings. The van der Waals surface area contributed by atoms with Gasteiger partial charge in [0.1, 0.15) is 0 Å². The summed E-state index contributed by atoms with van der Waals surface area (Å²) in [5, 5.41) is 6.60. The third-order valence-electron chi connectivity index (χ3n) is 3.14. The van der Waals surface area contributed by atoms with Gasteiger partial charge in [-0.3, -0.25) is 4.99 Å². The van der Waals surface area contributed by atoms with Crippen LogP contribution in [0.3, 0.4) is 0 Å². The molecule has 0 aliphatic heterocycles. The molecule has 0 rings (SSSR count). The van der Waals surface area contributed by atoms with Gasteiger partial charge in [0.2, 0.25) is 0 Å². The first kappa shape index (κ1) is 18.2. The summed E-state index contributed by atoms with van der Waals surface area (Å²) in [7, 11) is 4.16. The molecule has 19 heavy (non-hydrogen) atoms. The van der Waals surface area contributed by atoms with Crippen molar-refractivity contribution in [3.63, 3.8) is 0 Å². The van der Waals surface area contributed by atoms with Crippen molar-refractivity contribution in [2.75, 3.05) is 46.9 Å². The molecule has 0 bridgehead atoms. The summed E-state index contributed by atoms with van der Waals surface area (Å²) in [5.74, 6) is 0.883. The molecule has 5 heteroatoms. The fourth-order valence-corrected chi connectivity index (χ4v) is 1.28. The second-order valence-electron chi connectivity index (χ2n) is 5.38. The van der Waals surface area contributed by atoms with Gasteiger partial charge < -0.3 is 20.3 Å². The lowest BCUT2D eigenvalue weighted by atomic mass is 10.1. The van der Waals surface area contributed by atoms with Crippen molar-refractivity contribution in [3.8, 4) is 0 Å². The van der Waals surface area contributed by atoms with E-state index in [4.69, 9.17) is 4.74 Å². The molecule has 0 atom stereocenters. The fourth-order valence-electron chi connectivity index (χ4n) is 1.28. The molecule has 0 saturated carbocycles. The number of nitrogens with one attached hydrogen (secondary N) is 2. The molecule has 0 saturated heterocycles. The van der Waals surface area contributed by atoms with Crippen LogP contribution in [0.25, 0.3) is 0 Å². The van der Waals surface area contributed by atoms with Crippen LogP contribution in [-0.4, -0.2) is 63.3 Å². The third kappa shape index (κ3) is 8.83. The Labute approximate surface area is 118 Å². The summed E-state index contributed by atoms with van der Waals surface area (Å²) in [6.45, 7) is 12.6. The maximum Gasteiger partial charge on any atom is 0.191 e. The van der Waals surface area contributed by atoms with Crippen LogP contribution < -0.4 is 10.6 Å². The number of hydrogen-bond acceptors (Lipinski definition) is 3. The van der Waals surface area contributed by atoms with Gasteiger partial charge >= 0.3 is 0 Å². The Morgan fingerprint density at radius 3 is 2.42 bits per heavy atom. The molecule has 2 N–H and O–H groups in total. The second kappa shape index (κ2) is 10.0. The zero-order valence-corrected chi connectivity index (χ0v) is 13.5. The molecular weight excluding hydrogens is 240 g/mol. The van der Waals surface area contributed by atoms with E-state index < -0.39 is 0 Å². The van der Waals surface area contributed by atoms with Gasteiger partial charge in [0.05, 0.1) is 6.54 Å². The van der Waals surface area contributed by atoms with E-state index >= 15 is 0 Å². The number of hydrogen-bond donors (Lipinski definition) is 2. The van der Waals surface area contributed by atoms with Crippen molar-refractivity contribution in [2.24, 2.45) is 4.99 Å². The highest BCUT2D eigenvalue weighted by atomic mass is 16.5. The Morgan fingerprint density at radius 1 is 1.21 bits per heavy atom. The van der Waals surface area contributed by atoms with Crippen LogP contribution in [0.1, 0.15) is 34.1 Å². The molecule has 0 aromatic rings. The van der Waals surface area contributed by atoms with Gasteiger partial charge in [0.15, 0.2) is 5.96 Å². The molecule has 0 aliphatic carbocycles. The maximum atomic E-state index is 5.31. The smallest absolute Gasteiger partial charge is 0.191 e. The maximum absolute atomic E-state index is 5.31. The summed E-state index contributed by atoms with van der Waals surface area (Å²) >= 11 is 0. The molecule has 0 spiro atoms. The van der Waals surface area contributed by atoms with E-state index in [1.807, 2.05) is 6.92 Å². The minimum absolute atomic E-state index is 0.0632. The molecule has 0 radical (unpaired) electrons. The minimum Gasteiger partial charge on any atom is -0.382 e. The van der Waals surface area contributed by atoms with Crippen LogP contribution in [0.15, 0.2) is 4.99 Å². The van der Waals surface area contributed by atoms with Gasteiger partial charge in [0.25, 0.3) is 0 Å². The minimum atomic E-state index is 0.0632. The van der Waals surface area contributed by atoms with E-state index in [2.05, 4.69) is 55.4 Å². The van der Waals surface area contributed by atoms with Crippen LogP contribution in [0.5, 0.6) is 0 Å². The summed E-state index contributed by atoms with van der Waals surface area (Å²) < 4.78 is 5.31. The van der Waals surface area contributed by atoms with Crippen molar-refractivity contribution in [2.45, 2.75) is 39.7 Å². The predicted octanol–water partition coefficient (Wildman–Crippen LogP) is 1.31. The first-order valence-corrected chi connectivity index (χ1v) is 7.21. The van der Waals surface area contributed by atoms with Crippen LogP contribution in [0.2, 0.25) is 0 Å². The Hall–Kier alpha value is -0.810. The third-order valence-corrected chi connectivity index (χ3v) is 3.14. The number of guanidine groups is 1. The van der Waals surface area contributed by atoms with Crippen LogP contribution in [-0.2, 0) is 4.74 Å². The quantitative estimate of drug-likeness (QED) is 0.377. The monoisotopic (exact) mass is 272 g/mol. The molecule has 0 fully saturated rings. The van der Waals surface area contributed by atoms with Crippen molar-refractivity contribution >= 4 is 5.96 Å². The Balaban J connectivity index is 4.15. The standard InChI is InChI=1S/C14H32N4O/c1-7-15-13(16-10-9-11-19-8-2)17-12-14(3,4)18(5)6/h7-12H2,1-6H3,(H2,15,16,17). The first-order chi connectivity index (χ1) is 8.94. The van der Waals surface area contributed by atoms with E-state index in [1.54, 1.807) is 0 Å². The number of ether oxygens (including phenoxy) is 1. The van der Waals surface area contributed by atoms with E-state index in [1.165, 1.54) is 0 Å². The summed E-state index contributed by atoms with van der Waals surface area (Å²) in [4.78, 5) is 6.83. The molecule has 0 unspecified atom stereocenters. The van der Waals surface area contributed by atoms with Crippen molar-refractivity contribution in [1.82, 2.24) is 15.5 Å². The first-order valence-electron chi connectivity index (χ1n) is 7.21. The van der Waals surface area contributed by atoms with Gasteiger partial charge in [-0.1, -0.05) is 0 Å². The molecule has 5 nitrogen and oxygen atoms in total. The number of likely N-dealkylation sites (N-methyl/N-ethyl adjacent to an activating group) is 1. The largest absolute Gasteiger partial charge is 0.382 e. The molecule has 0 amide bonds. The Kier molecular flexibility index (Phi) is 9.61. The molecule has 0 aromatic carbocycles. The summed E-state index contributed by atoms with van der Waals surface area (Å²) in [5.41, 5.74) is 0.0632. The number of nitrogens with zero attached hydrogens (tertiary/aromatic N) is 2. The van der Waals surface area contributed by atoms with E-state index in [9.17, 15) is 0 Å². The normalized spacial score (nSPS) is 12.9. The van der Waals surface area contributed by atoms with E-state index in [-0.39, 0.29) is 5.54 Å². The lowest BCUT2D eigenvalue weighted by Crippen LogP contribution is -2.44. The van der Waals surface area contributed by atoms with Gasteiger partial charge in [0, 0.05) is 31.8 Å². The average Bonchev–Trinajstić information content (AvgIpc) is 2.35. The SMILES string of the molecule is CCNC(=NCC(C)(C)N(C)C)NCCCOCC. The number of rotatable bonds is 9.